The Morgan fingerprint density at radius 2 is 0.917 bits per heavy atom. The zero-order valence-corrected chi connectivity index (χ0v) is 17.8. The second-order valence-electron chi connectivity index (χ2n) is 8.52. The third-order valence-electron chi connectivity index (χ3n) is 4.22. The maximum atomic E-state index is 8.06. The van der Waals surface area contributed by atoms with Crippen LogP contribution in [-0.4, -0.2) is 39.2 Å². The van der Waals surface area contributed by atoms with E-state index in [1.165, 1.54) is 38.5 Å². The summed E-state index contributed by atoms with van der Waals surface area (Å²) in [7, 11) is 0. The van der Waals surface area contributed by atoms with Crippen LogP contribution in [0.2, 0.25) is 0 Å². The van der Waals surface area contributed by atoms with Gasteiger partial charge in [-0.3, -0.25) is 0 Å². The van der Waals surface area contributed by atoms with Gasteiger partial charge < -0.3 is 15.3 Å². The fraction of sp³-hybridized carbons (Fsp3) is 1.00. The molecule has 0 aromatic rings. The van der Waals surface area contributed by atoms with Crippen LogP contribution in [0.4, 0.5) is 0 Å². The van der Waals surface area contributed by atoms with E-state index < -0.39 is 0 Å². The normalized spacial score (nSPS) is 32.4. The van der Waals surface area contributed by atoms with Crippen molar-refractivity contribution >= 4 is 0 Å². The quantitative estimate of drug-likeness (QED) is 0.647. The van der Waals surface area contributed by atoms with Gasteiger partial charge in [0, 0.05) is 18.3 Å². The van der Waals surface area contributed by atoms with Crippen molar-refractivity contribution < 1.29 is 32.6 Å². The summed E-state index contributed by atoms with van der Waals surface area (Å²) in [6, 6.07) is 0. The van der Waals surface area contributed by atoms with E-state index in [2.05, 4.69) is 21.0 Å². The van der Waals surface area contributed by atoms with Gasteiger partial charge in [-0.1, -0.05) is 0 Å². The average Bonchev–Trinajstić information content (AvgIpc) is 2.35. The van der Waals surface area contributed by atoms with E-state index in [-0.39, 0.29) is 18.3 Å². The maximum absolute atomic E-state index is 8.06. The van der Waals surface area contributed by atoms with Gasteiger partial charge >= 0.3 is 82.8 Å². The minimum atomic E-state index is -0.167. The molecule has 4 bridgehead atoms. The summed E-state index contributed by atoms with van der Waals surface area (Å²) in [4.78, 5) is 0. The van der Waals surface area contributed by atoms with Gasteiger partial charge in [0.05, 0.1) is 0 Å². The van der Waals surface area contributed by atoms with Crippen LogP contribution in [0.5, 0.6) is 0 Å². The molecule has 3 N–H and O–H groups in total. The van der Waals surface area contributed by atoms with Crippen LogP contribution in [0, 0.1) is 17.8 Å². The van der Waals surface area contributed by atoms with E-state index in [0.29, 0.717) is 5.54 Å². The molecule has 0 aromatic heterocycles. The Kier molecular flexibility index (Phi) is 11.9. The number of hydrogen-bond acceptors (Lipinski definition) is 4. The zero-order valence-electron chi connectivity index (χ0n) is 16.4. The van der Waals surface area contributed by atoms with Crippen molar-refractivity contribution in [2.24, 2.45) is 21.5 Å². The number of aliphatic hydroxyl groups is 3. The molecule has 0 radical (unpaired) electrons. The Morgan fingerprint density at radius 3 is 1.08 bits per heavy atom. The second kappa shape index (κ2) is 11.8. The average molecular weight is 380 g/mol. The zero-order chi connectivity index (χ0) is 18.9. The monoisotopic (exact) mass is 380 g/mol. The molecule has 0 atom stereocenters. The Balaban J connectivity index is 0.000000372. The Labute approximate surface area is 158 Å². The van der Waals surface area contributed by atoms with Crippen molar-refractivity contribution in [1.82, 2.24) is 0 Å². The molecule has 4 saturated carbocycles. The summed E-state index contributed by atoms with van der Waals surface area (Å²) < 4.78 is 4.62. The van der Waals surface area contributed by atoms with Gasteiger partial charge in [-0.15, -0.1) is 0 Å². The van der Waals surface area contributed by atoms with Crippen LogP contribution >= 0.6 is 0 Å². The number of hydrogen-bond donors (Lipinski definition) is 3. The van der Waals surface area contributed by atoms with Crippen molar-refractivity contribution in [3.63, 3.8) is 0 Å². The van der Waals surface area contributed by atoms with Crippen molar-refractivity contribution in [2.45, 2.75) is 104 Å². The van der Waals surface area contributed by atoms with Crippen LogP contribution in [0.25, 0.3) is 0 Å². The first-order valence-electron chi connectivity index (χ1n) is 9.40. The molecular weight excluding hydrogens is 341 g/mol. The summed E-state index contributed by atoms with van der Waals surface area (Å²) in [5.41, 5.74) is 0.439. The van der Waals surface area contributed by atoms with E-state index in [4.69, 9.17) is 15.3 Å². The van der Waals surface area contributed by atoms with E-state index in [9.17, 15) is 0 Å². The van der Waals surface area contributed by atoms with E-state index >= 15 is 0 Å². The van der Waals surface area contributed by atoms with Crippen LogP contribution in [0.15, 0.2) is 3.79 Å². The third kappa shape index (κ3) is 11.0. The van der Waals surface area contributed by atoms with Crippen molar-refractivity contribution in [3.05, 3.63) is 0 Å². The molecule has 5 heteroatoms. The topological polar surface area (TPSA) is 73.0 Å². The van der Waals surface area contributed by atoms with Gasteiger partial charge in [0.15, 0.2) is 0 Å². The molecule has 0 saturated heterocycles. The van der Waals surface area contributed by atoms with Crippen molar-refractivity contribution in [1.29, 1.82) is 0 Å². The van der Waals surface area contributed by atoms with Crippen LogP contribution in [-0.2, 0) is 17.2 Å². The first-order chi connectivity index (χ1) is 11.0. The van der Waals surface area contributed by atoms with Crippen LogP contribution in [0.1, 0.15) is 80.1 Å². The standard InChI is InChI=1S/C10H15N.3C3H8O.V/c11-10-4-7-1-8(5-10)3-9(2-7)6-10;3*1-3(2)4;/h7-9H,1-6H2;3*3-4H,1-2H3;. The van der Waals surface area contributed by atoms with Crippen molar-refractivity contribution in [2.75, 3.05) is 0 Å². The molecule has 0 spiro atoms. The molecule has 4 aliphatic rings. The predicted molar refractivity (Wildman–Crippen MR) is 95.4 cm³/mol. The first-order valence-corrected chi connectivity index (χ1v) is 10.0. The van der Waals surface area contributed by atoms with Gasteiger partial charge in [0.2, 0.25) is 0 Å². The molecule has 0 heterocycles. The first kappa shape index (κ1) is 24.3. The molecule has 0 amide bonds. The molecule has 0 unspecified atom stereocenters. The summed E-state index contributed by atoms with van der Waals surface area (Å²) in [6.07, 6.45) is 8.32. The molecule has 0 aromatic carbocycles. The van der Waals surface area contributed by atoms with E-state index in [1.807, 2.05) is 0 Å². The van der Waals surface area contributed by atoms with E-state index in [0.717, 1.165) is 17.8 Å². The minimum absolute atomic E-state index is 0.167. The van der Waals surface area contributed by atoms with Crippen LogP contribution in [0.3, 0.4) is 0 Å². The molecule has 143 valence electrons. The van der Waals surface area contributed by atoms with Crippen molar-refractivity contribution in [3.8, 4) is 0 Å². The SMILES string of the molecule is CC(C)O.CC(C)O.CC(C)O.[V]=[N]C12CC3CC(CC(C3)C1)C2. The summed E-state index contributed by atoms with van der Waals surface area (Å²) in [5.74, 6) is 3.14. The second-order valence-corrected chi connectivity index (χ2v) is 8.84. The number of aliphatic hydroxyl groups excluding tert-OH is 3. The molecular formula is C19H39NO3V. The fourth-order valence-electron chi connectivity index (χ4n) is 4.19. The number of nitrogens with zero attached hydrogens (tertiary/aromatic N) is 1. The molecule has 24 heavy (non-hydrogen) atoms. The summed E-state index contributed by atoms with van der Waals surface area (Å²) >= 11 is 2.49. The Morgan fingerprint density at radius 1 is 0.708 bits per heavy atom. The molecule has 4 rings (SSSR count). The molecule has 4 aliphatic carbocycles. The molecule has 4 nitrogen and oxygen atoms in total. The Bertz CT molecular complexity index is 288. The van der Waals surface area contributed by atoms with Crippen LogP contribution < -0.4 is 0 Å². The fourth-order valence-corrected chi connectivity index (χ4v) is 4.57. The third-order valence-corrected chi connectivity index (χ3v) is 4.88. The summed E-state index contributed by atoms with van der Waals surface area (Å²) in [6.45, 7) is 10.3. The molecule has 4 fully saturated rings. The molecule has 0 aliphatic heterocycles. The Hall–Kier alpha value is 0.264. The van der Waals surface area contributed by atoms with Gasteiger partial charge in [-0.05, 0) is 41.5 Å². The van der Waals surface area contributed by atoms with Gasteiger partial charge in [0.25, 0.3) is 0 Å². The van der Waals surface area contributed by atoms with Gasteiger partial charge in [-0.25, -0.2) is 0 Å². The number of rotatable bonds is 1. The van der Waals surface area contributed by atoms with Gasteiger partial charge in [-0.2, -0.15) is 0 Å². The predicted octanol–water partition coefficient (Wildman–Crippen LogP) is 3.85. The van der Waals surface area contributed by atoms with E-state index in [1.54, 1.807) is 41.5 Å². The van der Waals surface area contributed by atoms with Gasteiger partial charge in [0.1, 0.15) is 0 Å². The summed E-state index contributed by atoms with van der Waals surface area (Å²) in [5, 5.41) is 24.2.